The summed E-state index contributed by atoms with van der Waals surface area (Å²) in [4.78, 5) is 26.8. The fraction of sp³-hybridized carbons (Fsp3) is 0.200. The zero-order valence-electron chi connectivity index (χ0n) is 14.4. The van der Waals surface area contributed by atoms with E-state index in [1.165, 1.54) is 23.1 Å². The molecule has 28 heavy (non-hydrogen) atoms. The van der Waals surface area contributed by atoms with Crippen LogP contribution in [0.3, 0.4) is 0 Å². The molecule has 3 heterocycles. The lowest BCUT2D eigenvalue weighted by Gasteiger charge is -2.32. The summed E-state index contributed by atoms with van der Waals surface area (Å²) in [5, 5.41) is -0.101. The van der Waals surface area contributed by atoms with Gasteiger partial charge in [0.1, 0.15) is 12.4 Å². The number of benzene rings is 2. The zero-order chi connectivity index (χ0) is 19.4. The molecule has 3 aliphatic rings. The molecule has 0 aliphatic carbocycles. The minimum absolute atomic E-state index is 0.0318. The smallest absolute Gasteiger partial charge is 0.336 e. The third-order valence-corrected chi connectivity index (χ3v) is 5.37. The average Bonchev–Trinajstić information content (AvgIpc) is 3.30. The Bertz CT molecular complexity index is 1070. The van der Waals surface area contributed by atoms with E-state index in [-0.39, 0.29) is 30.8 Å². The minimum Gasteiger partial charge on any atom is -0.456 e. The highest BCUT2D eigenvalue weighted by Gasteiger charge is 2.43. The van der Waals surface area contributed by atoms with E-state index in [1.54, 1.807) is 12.1 Å². The Morgan fingerprint density at radius 1 is 1.04 bits per heavy atom. The maximum Gasteiger partial charge on any atom is 0.336 e. The quantitative estimate of drug-likeness (QED) is 0.720. The van der Waals surface area contributed by atoms with Crippen molar-refractivity contribution in [2.45, 2.75) is 12.3 Å². The van der Waals surface area contributed by atoms with Crippen molar-refractivity contribution >= 4 is 29.2 Å². The van der Waals surface area contributed by atoms with Crippen LogP contribution in [-0.4, -0.2) is 25.3 Å². The average molecular weight is 402 g/mol. The van der Waals surface area contributed by atoms with Crippen LogP contribution in [0.15, 0.2) is 47.7 Å². The van der Waals surface area contributed by atoms with Crippen LogP contribution in [0.1, 0.15) is 17.9 Å². The van der Waals surface area contributed by atoms with E-state index < -0.39 is 17.7 Å². The summed E-state index contributed by atoms with van der Waals surface area (Å²) >= 11 is 5.88. The van der Waals surface area contributed by atoms with Crippen LogP contribution in [0.4, 0.5) is 10.1 Å². The van der Waals surface area contributed by atoms with Crippen molar-refractivity contribution in [1.29, 1.82) is 0 Å². The van der Waals surface area contributed by atoms with Gasteiger partial charge in [0, 0.05) is 12.3 Å². The summed E-state index contributed by atoms with van der Waals surface area (Å²) < 4.78 is 29.5. The van der Waals surface area contributed by atoms with Crippen molar-refractivity contribution in [1.82, 2.24) is 0 Å². The molecule has 6 nitrogen and oxygen atoms in total. The predicted molar refractivity (Wildman–Crippen MR) is 96.8 cm³/mol. The van der Waals surface area contributed by atoms with Crippen molar-refractivity contribution in [2.24, 2.45) is 0 Å². The number of fused-ring (bicyclic) bond motifs is 1. The number of amides is 1. The van der Waals surface area contributed by atoms with Crippen LogP contribution >= 0.6 is 11.6 Å². The van der Waals surface area contributed by atoms with Crippen LogP contribution in [0.25, 0.3) is 0 Å². The summed E-state index contributed by atoms with van der Waals surface area (Å²) in [5.74, 6) is -0.547. The van der Waals surface area contributed by atoms with E-state index in [0.717, 1.165) is 5.56 Å². The van der Waals surface area contributed by atoms with Gasteiger partial charge in [0.25, 0.3) is 0 Å². The van der Waals surface area contributed by atoms with Gasteiger partial charge in [-0.1, -0.05) is 17.7 Å². The first-order chi connectivity index (χ1) is 13.5. The molecule has 8 heteroatoms. The SMILES string of the molecule is O=C1OCC2=C1C(c1ccc3c(c1)OCO3)CC(=O)N2c1ccc(F)c(Cl)c1. The van der Waals surface area contributed by atoms with Gasteiger partial charge >= 0.3 is 5.97 Å². The molecule has 0 bridgehead atoms. The van der Waals surface area contributed by atoms with E-state index >= 15 is 0 Å². The first-order valence-corrected chi connectivity index (χ1v) is 8.98. The molecule has 1 atom stereocenters. The Hall–Kier alpha value is -3.06. The minimum atomic E-state index is -0.582. The Labute approximate surface area is 164 Å². The number of nitrogens with zero attached hydrogens (tertiary/aromatic N) is 1. The van der Waals surface area contributed by atoms with E-state index in [4.69, 9.17) is 25.8 Å². The van der Waals surface area contributed by atoms with Gasteiger partial charge in [0.2, 0.25) is 12.7 Å². The molecule has 0 saturated carbocycles. The number of esters is 1. The van der Waals surface area contributed by atoms with E-state index in [0.29, 0.717) is 28.5 Å². The second-order valence-corrected chi connectivity index (χ2v) is 7.04. The molecular weight excluding hydrogens is 389 g/mol. The van der Waals surface area contributed by atoms with Crippen molar-refractivity contribution < 1.29 is 28.2 Å². The highest BCUT2D eigenvalue weighted by molar-refractivity contribution is 6.31. The Balaban J connectivity index is 1.61. The number of hydrogen-bond donors (Lipinski definition) is 0. The van der Waals surface area contributed by atoms with Gasteiger partial charge < -0.3 is 14.2 Å². The molecule has 0 spiro atoms. The largest absolute Gasteiger partial charge is 0.456 e. The molecule has 0 saturated heterocycles. The summed E-state index contributed by atoms with van der Waals surface area (Å²) in [5.41, 5.74) is 2.03. The number of ether oxygens (including phenoxy) is 3. The van der Waals surface area contributed by atoms with Gasteiger partial charge in [0.15, 0.2) is 11.5 Å². The second-order valence-electron chi connectivity index (χ2n) is 6.63. The maximum atomic E-state index is 13.5. The molecular formula is C20H13ClFNO5. The maximum absolute atomic E-state index is 13.5. The highest BCUT2D eigenvalue weighted by Crippen LogP contribution is 2.44. The third kappa shape index (κ3) is 2.54. The van der Waals surface area contributed by atoms with E-state index in [9.17, 15) is 14.0 Å². The Kier molecular flexibility index (Phi) is 3.80. The molecule has 5 rings (SSSR count). The lowest BCUT2D eigenvalue weighted by atomic mass is 9.84. The van der Waals surface area contributed by atoms with Crippen molar-refractivity contribution in [3.05, 3.63) is 64.1 Å². The summed E-state index contributed by atoms with van der Waals surface area (Å²) in [6.45, 7) is 0.105. The lowest BCUT2D eigenvalue weighted by Crippen LogP contribution is -2.37. The van der Waals surface area contributed by atoms with Crippen LogP contribution in [0.2, 0.25) is 5.02 Å². The monoisotopic (exact) mass is 401 g/mol. The molecule has 3 aliphatic heterocycles. The van der Waals surface area contributed by atoms with Crippen molar-refractivity contribution in [3.63, 3.8) is 0 Å². The topological polar surface area (TPSA) is 65.1 Å². The number of carbonyl (C=O) groups is 2. The van der Waals surface area contributed by atoms with Crippen molar-refractivity contribution in [2.75, 3.05) is 18.3 Å². The number of halogens is 2. The fourth-order valence-electron chi connectivity index (χ4n) is 3.79. The molecule has 2 aromatic rings. The van der Waals surface area contributed by atoms with E-state index in [1.807, 2.05) is 6.07 Å². The molecule has 0 radical (unpaired) electrons. The number of carbonyl (C=O) groups excluding carboxylic acids is 2. The summed E-state index contributed by atoms with van der Waals surface area (Å²) in [6, 6.07) is 9.35. The first kappa shape index (κ1) is 17.1. The highest BCUT2D eigenvalue weighted by atomic mass is 35.5. The lowest BCUT2D eigenvalue weighted by molar-refractivity contribution is -0.136. The van der Waals surface area contributed by atoms with Crippen LogP contribution in [0.5, 0.6) is 11.5 Å². The molecule has 0 N–H and O–H groups in total. The van der Waals surface area contributed by atoms with Gasteiger partial charge in [-0.25, -0.2) is 9.18 Å². The van der Waals surface area contributed by atoms with Gasteiger partial charge in [-0.15, -0.1) is 0 Å². The Morgan fingerprint density at radius 2 is 1.86 bits per heavy atom. The van der Waals surface area contributed by atoms with Crippen LogP contribution in [-0.2, 0) is 14.3 Å². The van der Waals surface area contributed by atoms with Gasteiger partial charge in [-0.05, 0) is 35.9 Å². The van der Waals surface area contributed by atoms with E-state index in [2.05, 4.69) is 0 Å². The molecule has 2 aromatic carbocycles. The molecule has 142 valence electrons. The van der Waals surface area contributed by atoms with Crippen LogP contribution < -0.4 is 14.4 Å². The molecule has 0 aromatic heterocycles. The van der Waals surface area contributed by atoms with Gasteiger partial charge in [-0.3, -0.25) is 9.69 Å². The zero-order valence-corrected chi connectivity index (χ0v) is 15.2. The molecule has 1 unspecified atom stereocenters. The molecule has 0 fully saturated rings. The standard InChI is InChI=1S/C20H13ClFNO5/c21-13-6-11(2-3-14(13)22)23-15-8-26-20(25)19(15)12(7-18(23)24)10-1-4-16-17(5-10)28-9-27-16/h1-6,12H,7-9H2. The van der Waals surface area contributed by atoms with Gasteiger partial charge in [-0.2, -0.15) is 0 Å². The summed E-state index contributed by atoms with van der Waals surface area (Å²) in [6.07, 6.45) is 0.0581. The number of hydrogen-bond acceptors (Lipinski definition) is 5. The fourth-order valence-corrected chi connectivity index (χ4v) is 3.97. The number of anilines is 1. The molecule has 1 amide bonds. The van der Waals surface area contributed by atoms with Crippen molar-refractivity contribution in [3.8, 4) is 11.5 Å². The summed E-state index contributed by atoms with van der Waals surface area (Å²) in [7, 11) is 0. The number of cyclic esters (lactones) is 1. The normalized spacial score (nSPS) is 20.5. The number of rotatable bonds is 2. The first-order valence-electron chi connectivity index (χ1n) is 8.60. The second kappa shape index (κ2) is 6.24. The predicted octanol–water partition coefficient (Wildman–Crippen LogP) is 3.54. The Morgan fingerprint density at radius 3 is 2.68 bits per heavy atom. The van der Waals surface area contributed by atoms with Gasteiger partial charge in [0.05, 0.1) is 22.0 Å². The van der Waals surface area contributed by atoms with Crippen LogP contribution in [0, 0.1) is 5.82 Å². The third-order valence-electron chi connectivity index (χ3n) is 5.08.